The van der Waals surface area contributed by atoms with Crippen LogP contribution < -0.4 is 10.2 Å². The van der Waals surface area contributed by atoms with Crippen LogP contribution >= 0.6 is 11.3 Å². The van der Waals surface area contributed by atoms with Crippen molar-refractivity contribution in [1.82, 2.24) is 20.2 Å². The summed E-state index contributed by atoms with van der Waals surface area (Å²) in [5.41, 5.74) is 3.26. The van der Waals surface area contributed by atoms with E-state index < -0.39 is 0 Å². The average Bonchev–Trinajstić information content (AvgIpc) is 3.10. The Hall–Kier alpha value is -3.00. The van der Waals surface area contributed by atoms with E-state index in [0.717, 1.165) is 47.0 Å². The molecule has 0 bridgehead atoms. The highest BCUT2D eigenvalue weighted by molar-refractivity contribution is 7.21. The number of hydrogen-bond donors (Lipinski definition) is 1. The predicted molar refractivity (Wildman–Crippen MR) is 128 cm³/mol. The summed E-state index contributed by atoms with van der Waals surface area (Å²) in [7, 11) is 0. The molecule has 3 heterocycles. The van der Waals surface area contributed by atoms with Crippen molar-refractivity contribution in [2.45, 2.75) is 39.2 Å². The Morgan fingerprint density at radius 2 is 1.84 bits per heavy atom. The molecule has 0 atom stereocenters. The molecule has 0 aliphatic carbocycles. The lowest BCUT2D eigenvalue weighted by Crippen LogP contribution is -2.36. The van der Waals surface area contributed by atoms with Crippen LogP contribution in [0.5, 0.6) is 0 Å². The highest BCUT2D eigenvalue weighted by Gasteiger charge is 2.21. The van der Waals surface area contributed by atoms with E-state index in [1.54, 1.807) is 17.5 Å². The molecule has 168 valence electrons. The molecule has 1 aliphatic rings. The molecule has 4 rings (SSSR count). The zero-order valence-corrected chi connectivity index (χ0v) is 19.2. The number of pyridine rings is 1. The van der Waals surface area contributed by atoms with Crippen molar-refractivity contribution in [1.29, 1.82) is 0 Å². The molecule has 0 spiro atoms. The van der Waals surface area contributed by atoms with Gasteiger partial charge in [-0.3, -0.25) is 9.59 Å². The van der Waals surface area contributed by atoms with Crippen LogP contribution in [0.3, 0.4) is 0 Å². The summed E-state index contributed by atoms with van der Waals surface area (Å²) in [5.74, 6) is -0.0448. The van der Waals surface area contributed by atoms with Crippen molar-refractivity contribution in [3.63, 3.8) is 0 Å². The molecule has 2 aromatic heterocycles. The quantitative estimate of drug-likeness (QED) is 0.596. The van der Waals surface area contributed by atoms with Crippen LogP contribution in [0.15, 0.2) is 42.6 Å². The zero-order valence-electron chi connectivity index (χ0n) is 18.4. The molecule has 1 saturated heterocycles. The third kappa shape index (κ3) is 5.62. The molecule has 3 aromatic rings. The molecule has 0 unspecified atom stereocenters. The minimum atomic E-state index is -0.0867. The van der Waals surface area contributed by atoms with Gasteiger partial charge in [0.15, 0.2) is 5.13 Å². The Morgan fingerprint density at radius 1 is 1.03 bits per heavy atom. The summed E-state index contributed by atoms with van der Waals surface area (Å²) in [6.07, 6.45) is 4.13. The van der Waals surface area contributed by atoms with Crippen LogP contribution in [0.4, 0.5) is 5.13 Å². The third-order valence-electron chi connectivity index (χ3n) is 5.76. The van der Waals surface area contributed by atoms with Gasteiger partial charge in [-0.15, -0.1) is 0 Å². The second kappa shape index (κ2) is 10.5. The fourth-order valence-electron chi connectivity index (χ4n) is 3.81. The van der Waals surface area contributed by atoms with Crippen molar-refractivity contribution in [3.8, 4) is 0 Å². The molecule has 32 heavy (non-hydrogen) atoms. The maximum atomic E-state index is 12.7. The van der Waals surface area contributed by atoms with E-state index in [9.17, 15) is 9.59 Å². The molecule has 1 aliphatic heterocycles. The Bertz CT molecular complexity index is 1030. The fraction of sp³-hybridized carbons (Fsp3) is 0.417. The van der Waals surface area contributed by atoms with Gasteiger partial charge in [0.25, 0.3) is 0 Å². The van der Waals surface area contributed by atoms with Crippen LogP contribution in [-0.4, -0.2) is 52.9 Å². The standard InChI is InChI=1S/C24H29N5O2S/c1-2-18-6-8-19(9-7-18)17-26-21(30)10-11-22(31)28-13-4-14-29(16-15-28)24-27-20-5-3-12-25-23(20)32-24/h3,5-9,12H,2,4,10-11,13-17H2,1H3,(H,26,30). The molecule has 7 nitrogen and oxygen atoms in total. The van der Waals surface area contributed by atoms with E-state index in [1.807, 2.05) is 29.2 Å². The SMILES string of the molecule is CCc1ccc(CNC(=O)CCC(=O)N2CCCN(c3nc4cccnc4s3)CC2)cc1. The molecule has 1 N–H and O–H groups in total. The van der Waals surface area contributed by atoms with Gasteiger partial charge in [-0.1, -0.05) is 42.5 Å². The summed E-state index contributed by atoms with van der Waals surface area (Å²) in [5, 5.41) is 3.88. The number of fused-ring (bicyclic) bond motifs is 1. The molecule has 0 radical (unpaired) electrons. The molecule has 2 amide bonds. The summed E-state index contributed by atoms with van der Waals surface area (Å²) in [6.45, 7) is 5.57. The van der Waals surface area contributed by atoms with Crippen LogP contribution in [0.25, 0.3) is 10.3 Å². The van der Waals surface area contributed by atoms with Crippen LogP contribution in [0.1, 0.15) is 37.3 Å². The Kier molecular flexibility index (Phi) is 7.32. The second-order valence-corrected chi connectivity index (χ2v) is 8.95. The van der Waals surface area contributed by atoms with E-state index in [-0.39, 0.29) is 24.7 Å². The smallest absolute Gasteiger partial charge is 0.223 e. The van der Waals surface area contributed by atoms with Gasteiger partial charge in [-0.2, -0.15) is 0 Å². The highest BCUT2D eigenvalue weighted by Crippen LogP contribution is 2.27. The maximum Gasteiger partial charge on any atom is 0.223 e. The first kappa shape index (κ1) is 22.2. The molecule has 1 aromatic carbocycles. The first-order valence-corrected chi connectivity index (χ1v) is 12.0. The highest BCUT2D eigenvalue weighted by atomic mass is 32.1. The van der Waals surface area contributed by atoms with Gasteiger partial charge in [0.1, 0.15) is 10.3 Å². The summed E-state index contributed by atoms with van der Waals surface area (Å²) in [4.78, 5) is 39.0. The predicted octanol–water partition coefficient (Wildman–Crippen LogP) is 3.39. The Balaban J connectivity index is 1.22. The number of nitrogens with one attached hydrogen (secondary N) is 1. The van der Waals surface area contributed by atoms with Crippen LogP contribution in [0, 0.1) is 0 Å². The summed E-state index contributed by atoms with van der Waals surface area (Å²) < 4.78 is 0. The lowest BCUT2D eigenvalue weighted by atomic mass is 10.1. The Morgan fingerprint density at radius 3 is 2.62 bits per heavy atom. The van der Waals surface area contributed by atoms with Crippen molar-refractivity contribution in [3.05, 3.63) is 53.7 Å². The largest absolute Gasteiger partial charge is 0.352 e. The van der Waals surface area contributed by atoms with E-state index in [2.05, 4.69) is 39.2 Å². The number of aromatic nitrogens is 2. The van der Waals surface area contributed by atoms with Gasteiger partial charge < -0.3 is 15.1 Å². The summed E-state index contributed by atoms with van der Waals surface area (Å²) >= 11 is 1.59. The first-order valence-electron chi connectivity index (χ1n) is 11.2. The molecular weight excluding hydrogens is 422 g/mol. The average molecular weight is 452 g/mol. The Labute approximate surface area is 192 Å². The number of benzene rings is 1. The molecule has 1 fully saturated rings. The number of aryl methyl sites for hydroxylation is 1. The van der Waals surface area contributed by atoms with Crippen molar-refractivity contribution in [2.75, 3.05) is 31.1 Å². The van der Waals surface area contributed by atoms with E-state index in [0.29, 0.717) is 19.6 Å². The van der Waals surface area contributed by atoms with E-state index >= 15 is 0 Å². The number of carbonyl (C=O) groups is 2. The monoisotopic (exact) mass is 451 g/mol. The van der Waals surface area contributed by atoms with Crippen LogP contribution in [-0.2, 0) is 22.6 Å². The third-order valence-corrected chi connectivity index (χ3v) is 6.80. The van der Waals surface area contributed by atoms with E-state index in [1.165, 1.54) is 5.56 Å². The first-order chi connectivity index (χ1) is 15.6. The second-order valence-electron chi connectivity index (χ2n) is 7.99. The van der Waals surface area contributed by atoms with Crippen LogP contribution in [0.2, 0.25) is 0 Å². The fourth-order valence-corrected chi connectivity index (χ4v) is 4.77. The minimum Gasteiger partial charge on any atom is -0.352 e. The van der Waals surface area contributed by atoms with E-state index in [4.69, 9.17) is 0 Å². The number of nitrogens with zero attached hydrogens (tertiary/aromatic N) is 4. The number of hydrogen-bond acceptors (Lipinski definition) is 6. The van der Waals surface area contributed by atoms with Gasteiger partial charge in [0.2, 0.25) is 11.8 Å². The number of rotatable bonds is 7. The maximum absolute atomic E-state index is 12.7. The van der Waals surface area contributed by atoms with Gasteiger partial charge in [-0.05, 0) is 36.1 Å². The van der Waals surface area contributed by atoms with Crippen molar-refractivity contribution in [2.24, 2.45) is 0 Å². The van der Waals surface area contributed by atoms with Gasteiger partial charge in [0.05, 0.1) is 0 Å². The number of carbonyl (C=O) groups excluding carboxylic acids is 2. The van der Waals surface area contributed by atoms with Gasteiger partial charge in [-0.25, -0.2) is 9.97 Å². The zero-order chi connectivity index (χ0) is 22.3. The number of amides is 2. The number of anilines is 1. The normalized spacial score (nSPS) is 14.4. The minimum absolute atomic E-state index is 0.0419. The topological polar surface area (TPSA) is 78.4 Å². The lowest BCUT2D eigenvalue weighted by molar-refractivity contribution is -0.133. The van der Waals surface area contributed by atoms with Gasteiger partial charge >= 0.3 is 0 Å². The molecular formula is C24H29N5O2S. The number of thiazole rings is 1. The summed E-state index contributed by atoms with van der Waals surface area (Å²) in [6, 6.07) is 12.1. The van der Waals surface area contributed by atoms with Crippen molar-refractivity contribution < 1.29 is 9.59 Å². The molecule has 8 heteroatoms. The van der Waals surface area contributed by atoms with Crippen molar-refractivity contribution >= 4 is 38.6 Å². The lowest BCUT2D eigenvalue weighted by Gasteiger charge is -2.21. The van der Waals surface area contributed by atoms with Gasteiger partial charge in [0, 0.05) is 51.8 Å². The molecule has 0 saturated carbocycles.